The minimum Gasteiger partial charge on any atom is -0.480 e. The van der Waals surface area contributed by atoms with Crippen LogP contribution in [0.1, 0.15) is 26.2 Å². The largest absolute Gasteiger partial charge is 0.480 e. The van der Waals surface area contributed by atoms with Gasteiger partial charge in [0.15, 0.2) is 0 Å². The summed E-state index contributed by atoms with van der Waals surface area (Å²) in [6.07, 6.45) is 5.15. The molecule has 0 bridgehead atoms. The molecule has 0 aromatic carbocycles. The number of carboxylic acids is 1. The summed E-state index contributed by atoms with van der Waals surface area (Å²) in [6, 6.07) is -0.818. The van der Waals surface area contributed by atoms with E-state index in [4.69, 9.17) is 0 Å². The SMILES string of the molecule is CSCCC(C)NC(=O)N1C(C(=O)O)CSC1C1CC1. The summed E-state index contributed by atoms with van der Waals surface area (Å²) >= 11 is 3.36. The van der Waals surface area contributed by atoms with Crippen molar-refractivity contribution < 1.29 is 14.7 Å². The Bertz CT molecular complexity index is 377. The van der Waals surface area contributed by atoms with Gasteiger partial charge in [-0.3, -0.25) is 4.90 Å². The second-order valence-electron chi connectivity index (χ2n) is 5.45. The van der Waals surface area contributed by atoms with Crippen molar-refractivity contribution in [1.82, 2.24) is 10.2 Å². The molecule has 3 unspecified atom stereocenters. The summed E-state index contributed by atoms with van der Waals surface area (Å²) < 4.78 is 0. The Morgan fingerprint density at radius 3 is 2.75 bits per heavy atom. The van der Waals surface area contributed by atoms with Gasteiger partial charge in [0.25, 0.3) is 0 Å². The zero-order valence-corrected chi connectivity index (χ0v) is 13.5. The number of carbonyl (C=O) groups is 2. The molecule has 20 heavy (non-hydrogen) atoms. The Morgan fingerprint density at radius 1 is 1.50 bits per heavy atom. The molecule has 1 saturated heterocycles. The Morgan fingerprint density at radius 2 is 2.20 bits per heavy atom. The van der Waals surface area contributed by atoms with Gasteiger partial charge in [-0.15, -0.1) is 11.8 Å². The van der Waals surface area contributed by atoms with Crippen LogP contribution in [0.2, 0.25) is 0 Å². The first-order valence-electron chi connectivity index (χ1n) is 6.96. The van der Waals surface area contributed by atoms with Crippen LogP contribution in [0.3, 0.4) is 0 Å². The van der Waals surface area contributed by atoms with E-state index < -0.39 is 12.0 Å². The zero-order chi connectivity index (χ0) is 14.7. The maximum atomic E-state index is 12.4. The van der Waals surface area contributed by atoms with Crippen LogP contribution in [0, 0.1) is 5.92 Å². The van der Waals surface area contributed by atoms with E-state index in [1.54, 1.807) is 28.4 Å². The second kappa shape index (κ2) is 6.93. The van der Waals surface area contributed by atoms with Crippen LogP contribution in [0.25, 0.3) is 0 Å². The van der Waals surface area contributed by atoms with Crippen molar-refractivity contribution in [1.29, 1.82) is 0 Å². The molecular formula is C13H22N2O3S2. The molecule has 114 valence electrons. The summed E-state index contributed by atoms with van der Waals surface area (Å²) in [5.74, 6) is 1.08. The van der Waals surface area contributed by atoms with Crippen molar-refractivity contribution in [3.63, 3.8) is 0 Å². The summed E-state index contributed by atoms with van der Waals surface area (Å²) in [4.78, 5) is 25.3. The number of nitrogens with one attached hydrogen (secondary N) is 1. The molecular weight excluding hydrogens is 296 g/mol. The van der Waals surface area contributed by atoms with Crippen LogP contribution >= 0.6 is 23.5 Å². The fraction of sp³-hybridized carbons (Fsp3) is 0.846. The van der Waals surface area contributed by atoms with Gasteiger partial charge >= 0.3 is 12.0 Å². The molecule has 1 aliphatic heterocycles. The molecule has 1 heterocycles. The Balaban J connectivity index is 1.97. The van der Waals surface area contributed by atoms with Gasteiger partial charge in [-0.05, 0) is 44.1 Å². The lowest BCUT2D eigenvalue weighted by Gasteiger charge is -2.29. The van der Waals surface area contributed by atoms with Gasteiger partial charge in [0.2, 0.25) is 0 Å². The fourth-order valence-corrected chi connectivity index (χ4v) is 4.59. The lowest BCUT2D eigenvalue weighted by atomic mass is 10.2. The molecule has 1 saturated carbocycles. The minimum atomic E-state index is -0.896. The topological polar surface area (TPSA) is 69.6 Å². The van der Waals surface area contributed by atoms with Crippen molar-refractivity contribution in [2.24, 2.45) is 5.92 Å². The van der Waals surface area contributed by atoms with E-state index in [-0.39, 0.29) is 17.4 Å². The number of carboxylic acid groups (broad SMARTS) is 1. The van der Waals surface area contributed by atoms with Crippen LogP contribution in [-0.2, 0) is 4.79 Å². The van der Waals surface area contributed by atoms with Crippen LogP contribution in [0.5, 0.6) is 0 Å². The molecule has 2 N–H and O–H groups in total. The summed E-state index contributed by atoms with van der Waals surface area (Å²) in [6.45, 7) is 1.97. The van der Waals surface area contributed by atoms with Crippen LogP contribution < -0.4 is 5.32 Å². The van der Waals surface area contributed by atoms with Gasteiger partial charge in [0.05, 0.1) is 5.37 Å². The zero-order valence-electron chi connectivity index (χ0n) is 11.9. The van der Waals surface area contributed by atoms with Crippen molar-refractivity contribution in [2.45, 2.75) is 43.6 Å². The van der Waals surface area contributed by atoms with Crippen molar-refractivity contribution >= 4 is 35.5 Å². The molecule has 0 aromatic rings. The van der Waals surface area contributed by atoms with Gasteiger partial charge in [-0.1, -0.05) is 0 Å². The summed E-state index contributed by atoms with van der Waals surface area (Å²) in [5.41, 5.74) is 0. The molecule has 0 spiro atoms. The number of rotatable bonds is 6. The average Bonchev–Trinajstić information content (AvgIpc) is 3.14. The van der Waals surface area contributed by atoms with Gasteiger partial charge in [-0.25, -0.2) is 9.59 Å². The quantitative estimate of drug-likeness (QED) is 0.784. The maximum Gasteiger partial charge on any atom is 0.327 e. The number of hydrogen-bond acceptors (Lipinski definition) is 4. The number of aliphatic carboxylic acids is 1. The molecule has 2 aliphatic rings. The van der Waals surface area contributed by atoms with Gasteiger partial charge < -0.3 is 10.4 Å². The van der Waals surface area contributed by atoms with Gasteiger partial charge in [0, 0.05) is 11.8 Å². The molecule has 7 heteroatoms. The summed E-state index contributed by atoms with van der Waals surface area (Å²) in [7, 11) is 0. The normalized spacial score (nSPS) is 27.4. The van der Waals surface area contributed by atoms with Crippen molar-refractivity contribution in [3.8, 4) is 0 Å². The van der Waals surface area contributed by atoms with Crippen molar-refractivity contribution in [3.05, 3.63) is 0 Å². The van der Waals surface area contributed by atoms with E-state index in [9.17, 15) is 14.7 Å². The fourth-order valence-electron chi connectivity index (χ4n) is 2.37. The van der Waals surface area contributed by atoms with E-state index in [1.165, 1.54) is 0 Å². The lowest BCUT2D eigenvalue weighted by molar-refractivity contribution is -0.141. The monoisotopic (exact) mass is 318 g/mol. The first kappa shape index (κ1) is 15.8. The molecule has 5 nitrogen and oxygen atoms in total. The minimum absolute atomic E-state index is 0.0452. The Kier molecular flexibility index (Phi) is 5.49. The third kappa shape index (κ3) is 3.75. The van der Waals surface area contributed by atoms with E-state index >= 15 is 0 Å². The predicted molar refractivity (Wildman–Crippen MR) is 83.2 cm³/mol. The second-order valence-corrected chi connectivity index (χ2v) is 7.59. The third-order valence-electron chi connectivity index (χ3n) is 3.70. The van der Waals surface area contributed by atoms with Crippen LogP contribution in [-0.4, -0.2) is 57.2 Å². The lowest BCUT2D eigenvalue weighted by Crippen LogP contribution is -2.52. The molecule has 3 atom stereocenters. The Hall–Kier alpha value is -0.560. The van der Waals surface area contributed by atoms with E-state index in [1.807, 2.05) is 13.2 Å². The average molecular weight is 318 g/mol. The number of carbonyl (C=O) groups excluding carboxylic acids is 1. The summed E-state index contributed by atoms with van der Waals surface area (Å²) in [5, 5.41) is 12.3. The highest BCUT2D eigenvalue weighted by atomic mass is 32.2. The molecule has 2 fully saturated rings. The van der Waals surface area contributed by atoms with E-state index in [0.29, 0.717) is 11.7 Å². The van der Waals surface area contributed by atoms with Crippen LogP contribution in [0.4, 0.5) is 4.79 Å². The Labute approximate surface area is 128 Å². The maximum absolute atomic E-state index is 12.4. The molecule has 0 aromatic heterocycles. The number of nitrogens with zero attached hydrogens (tertiary/aromatic N) is 1. The molecule has 2 rings (SSSR count). The van der Waals surface area contributed by atoms with E-state index in [2.05, 4.69) is 5.32 Å². The standard InChI is InChI=1S/C13H22N2O3S2/c1-8(5-6-19-2)14-13(18)15-10(12(16)17)7-20-11(15)9-3-4-9/h8-11H,3-7H2,1-2H3,(H,14,18)(H,16,17). The number of hydrogen-bond donors (Lipinski definition) is 2. The number of urea groups is 1. The molecule has 1 aliphatic carbocycles. The van der Waals surface area contributed by atoms with Gasteiger partial charge in [-0.2, -0.15) is 11.8 Å². The first-order valence-corrected chi connectivity index (χ1v) is 9.41. The third-order valence-corrected chi connectivity index (χ3v) is 5.81. The van der Waals surface area contributed by atoms with Crippen LogP contribution in [0.15, 0.2) is 0 Å². The molecule has 2 amide bonds. The highest BCUT2D eigenvalue weighted by Crippen LogP contribution is 2.45. The molecule has 0 radical (unpaired) electrons. The number of thioether (sulfide) groups is 2. The van der Waals surface area contributed by atoms with E-state index in [0.717, 1.165) is 25.0 Å². The predicted octanol–water partition coefficient (Wildman–Crippen LogP) is 2.08. The smallest absolute Gasteiger partial charge is 0.327 e. The van der Waals surface area contributed by atoms with Crippen molar-refractivity contribution in [2.75, 3.05) is 17.8 Å². The highest BCUT2D eigenvalue weighted by molar-refractivity contribution is 8.00. The highest BCUT2D eigenvalue weighted by Gasteiger charge is 2.48. The number of amides is 2. The van der Waals surface area contributed by atoms with Gasteiger partial charge in [0.1, 0.15) is 6.04 Å². The first-order chi connectivity index (χ1) is 9.54.